The molecule has 1 unspecified atom stereocenters. The van der Waals surface area contributed by atoms with E-state index in [0.717, 1.165) is 21.9 Å². The maximum absolute atomic E-state index is 13.1. The van der Waals surface area contributed by atoms with Crippen molar-refractivity contribution in [2.45, 2.75) is 45.4 Å². The predicted molar refractivity (Wildman–Crippen MR) is 126 cm³/mol. The van der Waals surface area contributed by atoms with Gasteiger partial charge in [-0.3, -0.25) is 4.79 Å². The first-order valence-electron chi connectivity index (χ1n) is 10.6. The molecule has 0 saturated heterocycles. The molecule has 0 fully saturated rings. The zero-order valence-corrected chi connectivity index (χ0v) is 19.0. The third-order valence-corrected chi connectivity index (χ3v) is 4.91. The van der Waals surface area contributed by atoms with Crippen LogP contribution in [0.2, 0.25) is 0 Å². The number of carbonyl (C=O) groups is 2. The molecule has 3 aromatic rings. The van der Waals surface area contributed by atoms with E-state index < -0.39 is 17.7 Å². The lowest BCUT2D eigenvalue weighted by molar-refractivity contribution is -0.123. The van der Waals surface area contributed by atoms with Crippen LogP contribution >= 0.6 is 0 Å². The van der Waals surface area contributed by atoms with Crippen molar-refractivity contribution in [3.05, 3.63) is 77.9 Å². The van der Waals surface area contributed by atoms with Crippen LogP contribution in [0.1, 0.15) is 31.9 Å². The number of hydrogen-bond acceptors (Lipinski definition) is 4. The fraction of sp³-hybridized carbons (Fsp3) is 0.308. The second-order valence-electron chi connectivity index (χ2n) is 8.61. The summed E-state index contributed by atoms with van der Waals surface area (Å²) in [5.41, 5.74) is 1.13. The van der Waals surface area contributed by atoms with Crippen LogP contribution in [0.4, 0.5) is 4.79 Å². The highest BCUT2D eigenvalue weighted by Gasteiger charge is 2.25. The van der Waals surface area contributed by atoms with Gasteiger partial charge in [0, 0.05) is 18.5 Å². The Hall–Kier alpha value is -3.54. The van der Waals surface area contributed by atoms with E-state index in [4.69, 9.17) is 9.47 Å². The molecule has 0 aliphatic heterocycles. The summed E-state index contributed by atoms with van der Waals surface area (Å²) in [6, 6.07) is 20.7. The Kier molecular flexibility index (Phi) is 7.36. The van der Waals surface area contributed by atoms with Gasteiger partial charge in [-0.1, -0.05) is 60.7 Å². The molecule has 168 valence electrons. The van der Waals surface area contributed by atoms with Crippen molar-refractivity contribution in [1.82, 2.24) is 10.6 Å². The van der Waals surface area contributed by atoms with Crippen LogP contribution in [-0.2, 0) is 22.5 Å². The second-order valence-corrected chi connectivity index (χ2v) is 8.61. The number of carbonyl (C=O) groups excluding carboxylic acids is 2. The van der Waals surface area contributed by atoms with Gasteiger partial charge in [-0.2, -0.15) is 0 Å². The van der Waals surface area contributed by atoms with Crippen LogP contribution in [0.25, 0.3) is 10.8 Å². The monoisotopic (exact) mass is 434 g/mol. The molecule has 32 heavy (non-hydrogen) atoms. The molecule has 0 heterocycles. The van der Waals surface area contributed by atoms with Crippen molar-refractivity contribution in [2.75, 3.05) is 7.11 Å². The van der Waals surface area contributed by atoms with Crippen LogP contribution in [0.15, 0.2) is 66.7 Å². The normalized spacial score (nSPS) is 12.1. The van der Waals surface area contributed by atoms with Gasteiger partial charge in [0.25, 0.3) is 0 Å². The molecule has 3 rings (SSSR count). The highest BCUT2D eigenvalue weighted by Crippen LogP contribution is 2.18. The van der Waals surface area contributed by atoms with E-state index in [9.17, 15) is 9.59 Å². The number of para-hydroxylation sites is 1. The molecule has 1 atom stereocenters. The van der Waals surface area contributed by atoms with Crippen molar-refractivity contribution < 1.29 is 19.1 Å². The number of methoxy groups -OCH3 is 1. The van der Waals surface area contributed by atoms with Crippen LogP contribution in [-0.4, -0.2) is 30.8 Å². The summed E-state index contributed by atoms with van der Waals surface area (Å²) in [5.74, 6) is 0.397. The molecule has 0 aromatic heterocycles. The minimum Gasteiger partial charge on any atom is -0.496 e. The molecule has 6 nitrogen and oxygen atoms in total. The van der Waals surface area contributed by atoms with Crippen molar-refractivity contribution in [3.8, 4) is 5.75 Å². The molecular weight excluding hydrogens is 404 g/mol. The number of alkyl carbamates (subject to hydrolysis) is 1. The molecule has 0 spiro atoms. The van der Waals surface area contributed by atoms with Crippen LogP contribution in [0, 0.1) is 0 Å². The van der Waals surface area contributed by atoms with Gasteiger partial charge in [0.15, 0.2) is 0 Å². The van der Waals surface area contributed by atoms with Crippen molar-refractivity contribution in [3.63, 3.8) is 0 Å². The summed E-state index contributed by atoms with van der Waals surface area (Å²) >= 11 is 0. The van der Waals surface area contributed by atoms with Crippen molar-refractivity contribution in [1.29, 1.82) is 0 Å². The Morgan fingerprint density at radius 1 is 0.938 bits per heavy atom. The number of rotatable bonds is 7. The molecule has 0 aliphatic carbocycles. The fourth-order valence-electron chi connectivity index (χ4n) is 3.42. The van der Waals surface area contributed by atoms with Gasteiger partial charge < -0.3 is 20.1 Å². The minimum absolute atomic E-state index is 0.285. The Labute approximate surface area is 188 Å². The van der Waals surface area contributed by atoms with E-state index in [-0.39, 0.29) is 12.5 Å². The van der Waals surface area contributed by atoms with Gasteiger partial charge in [0.05, 0.1) is 7.11 Å². The molecular formula is C26H30N2O4. The first-order chi connectivity index (χ1) is 15.2. The Morgan fingerprint density at radius 2 is 1.62 bits per heavy atom. The lowest BCUT2D eigenvalue weighted by atomic mass is 10.0. The molecule has 0 radical (unpaired) electrons. The number of fused-ring (bicyclic) bond motifs is 1. The van der Waals surface area contributed by atoms with E-state index in [1.165, 1.54) is 0 Å². The molecule has 0 saturated carbocycles. The SMILES string of the molecule is COc1ccccc1CNC(=O)C(Cc1ccc2ccccc2c1)NC(=O)OC(C)(C)C. The highest BCUT2D eigenvalue weighted by atomic mass is 16.6. The van der Waals surface area contributed by atoms with Crippen LogP contribution < -0.4 is 15.4 Å². The zero-order valence-electron chi connectivity index (χ0n) is 19.0. The van der Waals surface area contributed by atoms with Crippen molar-refractivity contribution >= 4 is 22.8 Å². The summed E-state index contributed by atoms with van der Waals surface area (Å²) in [4.78, 5) is 25.5. The van der Waals surface area contributed by atoms with E-state index in [0.29, 0.717) is 12.2 Å². The molecule has 2 N–H and O–H groups in total. The quantitative estimate of drug-likeness (QED) is 0.570. The Bertz CT molecular complexity index is 1090. The highest BCUT2D eigenvalue weighted by molar-refractivity contribution is 5.87. The lowest BCUT2D eigenvalue weighted by Crippen LogP contribution is -2.49. The topological polar surface area (TPSA) is 76.7 Å². The Morgan fingerprint density at radius 3 is 2.34 bits per heavy atom. The first kappa shape index (κ1) is 23.1. The molecule has 0 bridgehead atoms. The third kappa shape index (κ3) is 6.48. The summed E-state index contributed by atoms with van der Waals surface area (Å²) in [7, 11) is 1.59. The predicted octanol–water partition coefficient (Wildman–Crippen LogP) is 4.60. The maximum Gasteiger partial charge on any atom is 0.408 e. The van der Waals surface area contributed by atoms with Gasteiger partial charge >= 0.3 is 6.09 Å². The van der Waals surface area contributed by atoms with E-state index in [1.54, 1.807) is 27.9 Å². The van der Waals surface area contributed by atoms with Gasteiger partial charge in [-0.15, -0.1) is 0 Å². The van der Waals surface area contributed by atoms with Gasteiger partial charge in [0.2, 0.25) is 5.91 Å². The number of hydrogen-bond donors (Lipinski definition) is 2. The summed E-state index contributed by atoms with van der Waals surface area (Å²) < 4.78 is 10.7. The van der Waals surface area contributed by atoms with E-state index in [1.807, 2.05) is 66.7 Å². The smallest absolute Gasteiger partial charge is 0.408 e. The standard InChI is InChI=1S/C26H30N2O4/c1-26(2,3)32-25(30)28-22(16-18-13-14-19-9-5-6-10-20(19)15-18)24(29)27-17-21-11-7-8-12-23(21)31-4/h5-15,22H,16-17H2,1-4H3,(H,27,29)(H,28,30). The van der Waals surface area contributed by atoms with Gasteiger partial charge in [0.1, 0.15) is 17.4 Å². The van der Waals surface area contributed by atoms with Crippen LogP contribution in [0.5, 0.6) is 5.75 Å². The zero-order chi connectivity index (χ0) is 23.1. The van der Waals surface area contributed by atoms with Crippen molar-refractivity contribution in [2.24, 2.45) is 0 Å². The fourth-order valence-corrected chi connectivity index (χ4v) is 3.42. The number of benzene rings is 3. The molecule has 6 heteroatoms. The third-order valence-electron chi connectivity index (χ3n) is 4.91. The molecule has 3 aromatic carbocycles. The van der Waals surface area contributed by atoms with Gasteiger partial charge in [-0.05, 0) is 43.2 Å². The molecule has 0 aliphatic rings. The van der Waals surface area contributed by atoms with E-state index >= 15 is 0 Å². The Balaban J connectivity index is 1.77. The summed E-state index contributed by atoms with van der Waals surface area (Å²) in [5, 5.41) is 7.84. The summed E-state index contributed by atoms with van der Waals surface area (Å²) in [6.45, 7) is 5.64. The maximum atomic E-state index is 13.1. The second kappa shape index (κ2) is 10.2. The first-order valence-corrected chi connectivity index (χ1v) is 10.6. The number of amides is 2. The van der Waals surface area contributed by atoms with E-state index in [2.05, 4.69) is 10.6 Å². The minimum atomic E-state index is -0.791. The number of ether oxygens (including phenoxy) is 2. The molecule has 2 amide bonds. The summed E-state index contributed by atoms with van der Waals surface area (Å²) in [6.07, 6.45) is -0.294. The average Bonchev–Trinajstić information content (AvgIpc) is 2.75. The lowest BCUT2D eigenvalue weighted by Gasteiger charge is -2.23. The largest absolute Gasteiger partial charge is 0.496 e. The van der Waals surface area contributed by atoms with Crippen LogP contribution in [0.3, 0.4) is 0 Å². The van der Waals surface area contributed by atoms with Gasteiger partial charge in [-0.25, -0.2) is 4.79 Å². The average molecular weight is 435 g/mol. The number of nitrogens with one attached hydrogen (secondary N) is 2.